The molecule has 0 spiro atoms. The number of carbonyl (C=O) groups is 1. The third kappa shape index (κ3) is 4.98. The Hall–Kier alpha value is -2.56. The van der Waals surface area contributed by atoms with Crippen LogP contribution < -0.4 is 4.72 Å². The highest BCUT2D eigenvalue weighted by molar-refractivity contribution is 7.90. The third-order valence-corrected chi connectivity index (χ3v) is 4.00. The first-order valence-corrected chi connectivity index (χ1v) is 8.16. The molecule has 11 heteroatoms. The van der Waals surface area contributed by atoms with E-state index < -0.39 is 39.2 Å². The van der Waals surface area contributed by atoms with Crippen LogP contribution >= 0.6 is 0 Å². The molecule has 0 aliphatic carbocycles. The average molecular weight is 360 g/mol. The topological polar surface area (TPSA) is 102 Å². The van der Waals surface area contributed by atoms with Crippen LogP contribution in [0.5, 0.6) is 0 Å². The molecule has 1 N–H and O–H groups in total. The number of sulfonamides is 1. The third-order valence-electron chi connectivity index (χ3n) is 2.76. The lowest BCUT2D eigenvalue weighted by atomic mass is 10.3. The zero-order valence-corrected chi connectivity index (χ0v) is 12.8. The molecule has 1 amide bonds. The predicted octanol–water partition coefficient (Wildman–Crippen LogP) is 1.19. The van der Waals surface area contributed by atoms with Gasteiger partial charge in [0.2, 0.25) is 10.0 Å². The van der Waals surface area contributed by atoms with Crippen LogP contribution in [0.2, 0.25) is 0 Å². The monoisotopic (exact) mass is 360 g/mol. The molecule has 0 bridgehead atoms. The number of amides is 1. The van der Waals surface area contributed by atoms with Crippen LogP contribution in [0.25, 0.3) is 0 Å². The number of alkyl halides is 3. The van der Waals surface area contributed by atoms with Gasteiger partial charge in [0, 0.05) is 25.0 Å². The minimum absolute atomic E-state index is 0.00747. The number of carbonyl (C=O) groups excluding carboxylic acids is 1. The fraction of sp³-hybridized carbons (Fsp3) is 0.231. The molecule has 0 unspecified atom stereocenters. The van der Waals surface area contributed by atoms with Gasteiger partial charge >= 0.3 is 6.18 Å². The van der Waals surface area contributed by atoms with Gasteiger partial charge in [-0.25, -0.2) is 18.1 Å². The molecule has 0 saturated heterocycles. The molecule has 0 saturated carbocycles. The summed E-state index contributed by atoms with van der Waals surface area (Å²) in [6, 6.07) is 2.64. The van der Waals surface area contributed by atoms with Crippen LogP contribution in [0.3, 0.4) is 0 Å². The molecule has 2 rings (SSSR count). The molecule has 128 valence electrons. The lowest BCUT2D eigenvalue weighted by Crippen LogP contribution is -2.34. The maximum atomic E-state index is 12.6. The summed E-state index contributed by atoms with van der Waals surface area (Å²) in [7, 11) is -4.06. The van der Waals surface area contributed by atoms with Crippen molar-refractivity contribution in [2.75, 3.05) is 5.75 Å². The average Bonchev–Trinajstić information content (AvgIpc) is 2.53. The molecule has 0 aliphatic rings. The number of halogens is 3. The van der Waals surface area contributed by atoms with E-state index in [0.29, 0.717) is 11.8 Å². The van der Waals surface area contributed by atoms with Crippen LogP contribution in [0, 0.1) is 0 Å². The second kappa shape index (κ2) is 6.91. The summed E-state index contributed by atoms with van der Waals surface area (Å²) < 4.78 is 63.0. The Morgan fingerprint density at radius 2 is 1.96 bits per heavy atom. The van der Waals surface area contributed by atoms with Gasteiger partial charge in [-0.15, -0.1) is 0 Å². The van der Waals surface area contributed by atoms with Crippen molar-refractivity contribution in [1.82, 2.24) is 19.7 Å². The minimum Gasteiger partial charge on any atom is -0.266 e. The first-order valence-electron chi connectivity index (χ1n) is 6.51. The summed E-state index contributed by atoms with van der Waals surface area (Å²) in [6.07, 6.45) is -0.578. The van der Waals surface area contributed by atoms with E-state index in [-0.39, 0.29) is 6.42 Å². The number of pyridine rings is 1. The van der Waals surface area contributed by atoms with Crippen LogP contribution in [0.4, 0.5) is 13.2 Å². The van der Waals surface area contributed by atoms with E-state index in [1.165, 1.54) is 18.6 Å². The van der Waals surface area contributed by atoms with Crippen molar-refractivity contribution in [3.63, 3.8) is 0 Å². The maximum absolute atomic E-state index is 12.6. The molecule has 2 aromatic rings. The van der Waals surface area contributed by atoms with Crippen molar-refractivity contribution < 1.29 is 26.4 Å². The molecular formula is C13H11F3N4O3S. The van der Waals surface area contributed by atoms with Crippen LogP contribution in [-0.2, 0) is 22.6 Å². The summed E-state index contributed by atoms with van der Waals surface area (Å²) in [5, 5.41) is 0. The van der Waals surface area contributed by atoms with Gasteiger partial charge in [0.1, 0.15) is 11.4 Å². The Bertz CT molecular complexity index is 826. The highest BCUT2D eigenvalue weighted by Crippen LogP contribution is 2.27. The van der Waals surface area contributed by atoms with Crippen molar-refractivity contribution in [2.45, 2.75) is 12.6 Å². The van der Waals surface area contributed by atoms with Crippen molar-refractivity contribution in [3.05, 3.63) is 53.9 Å². The summed E-state index contributed by atoms with van der Waals surface area (Å²) in [5.74, 6) is -1.71. The van der Waals surface area contributed by atoms with Crippen LogP contribution in [-0.4, -0.2) is 35.0 Å². The Balaban J connectivity index is 2.05. The molecule has 0 aliphatic heterocycles. The maximum Gasteiger partial charge on any atom is 0.433 e. The number of hydrogen-bond acceptors (Lipinski definition) is 6. The number of nitrogens with zero attached hydrogens (tertiary/aromatic N) is 3. The molecule has 0 atom stereocenters. The Kier molecular flexibility index (Phi) is 5.12. The zero-order valence-electron chi connectivity index (χ0n) is 12.0. The lowest BCUT2D eigenvalue weighted by molar-refractivity contribution is -0.141. The van der Waals surface area contributed by atoms with Crippen molar-refractivity contribution in [3.8, 4) is 0 Å². The van der Waals surface area contributed by atoms with Crippen LogP contribution in [0.15, 0.2) is 36.8 Å². The number of hydrogen-bond donors (Lipinski definition) is 1. The second-order valence-corrected chi connectivity index (χ2v) is 6.44. The van der Waals surface area contributed by atoms with Gasteiger partial charge in [0.05, 0.1) is 11.4 Å². The minimum atomic E-state index is -4.73. The van der Waals surface area contributed by atoms with E-state index >= 15 is 0 Å². The van der Waals surface area contributed by atoms with Crippen LogP contribution in [0.1, 0.15) is 21.9 Å². The first kappa shape index (κ1) is 17.8. The lowest BCUT2D eigenvalue weighted by Gasteiger charge is -2.09. The van der Waals surface area contributed by atoms with Gasteiger partial charge in [-0.2, -0.15) is 13.2 Å². The Morgan fingerprint density at radius 1 is 1.21 bits per heavy atom. The van der Waals surface area contributed by atoms with Gasteiger partial charge in [0.25, 0.3) is 5.91 Å². The molecular weight excluding hydrogens is 349 g/mol. The molecule has 2 heterocycles. The smallest absolute Gasteiger partial charge is 0.266 e. The van der Waals surface area contributed by atoms with E-state index in [0.717, 1.165) is 12.1 Å². The summed E-state index contributed by atoms with van der Waals surface area (Å²) in [4.78, 5) is 22.6. The van der Waals surface area contributed by atoms with Gasteiger partial charge in [-0.3, -0.25) is 14.8 Å². The van der Waals surface area contributed by atoms with E-state index in [2.05, 4.69) is 15.0 Å². The quantitative estimate of drug-likeness (QED) is 0.859. The van der Waals surface area contributed by atoms with Gasteiger partial charge in [-0.1, -0.05) is 6.07 Å². The van der Waals surface area contributed by atoms with Crippen molar-refractivity contribution in [2.24, 2.45) is 0 Å². The SMILES string of the molecule is O=C(NS(=O)(=O)CCc1cnccn1)c1cccc(C(F)(F)F)n1. The van der Waals surface area contributed by atoms with Gasteiger partial charge < -0.3 is 0 Å². The second-order valence-electron chi connectivity index (χ2n) is 4.60. The summed E-state index contributed by atoms with van der Waals surface area (Å²) >= 11 is 0. The van der Waals surface area contributed by atoms with Crippen molar-refractivity contribution >= 4 is 15.9 Å². The Labute approximate surface area is 135 Å². The number of rotatable bonds is 5. The first-order chi connectivity index (χ1) is 11.2. The van der Waals surface area contributed by atoms with Gasteiger partial charge in [0.15, 0.2) is 0 Å². The van der Waals surface area contributed by atoms with E-state index in [9.17, 15) is 26.4 Å². The largest absolute Gasteiger partial charge is 0.433 e. The van der Waals surface area contributed by atoms with Crippen molar-refractivity contribution in [1.29, 1.82) is 0 Å². The fourth-order valence-electron chi connectivity index (χ4n) is 1.66. The highest BCUT2D eigenvalue weighted by atomic mass is 32.2. The zero-order chi connectivity index (χ0) is 17.8. The molecule has 2 aromatic heterocycles. The molecule has 0 fully saturated rings. The predicted molar refractivity (Wildman–Crippen MR) is 76.2 cm³/mol. The number of aryl methyl sites for hydroxylation is 1. The molecule has 24 heavy (non-hydrogen) atoms. The molecule has 0 aromatic carbocycles. The normalized spacial score (nSPS) is 12.0. The standard InChI is InChI=1S/C13H11F3N4O3S/c14-13(15,16)11-3-1-2-10(19-11)12(21)20-24(22,23)7-4-9-8-17-5-6-18-9/h1-3,5-6,8H,4,7H2,(H,20,21). The fourth-order valence-corrected chi connectivity index (χ4v) is 2.63. The van der Waals surface area contributed by atoms with E-state index in [4.69, 9.17) is 0 Å². The highest BCUT2D eigenvalue weighted by Gasteiger charge is 2.33. The van der Waals surface area contributed by atoms with Gasteiger partial charge in [-0.05, 0) is 12.1 Å². The summed E-state index contributed by atoms with van der Waals surface area (Å²) in [5.41, 5.74) is -1.53. The number of nitrogens with one attached hydrogen (secondary N) is 1. The summed E-state index contributed by atoms with van der Waals surface area (Å²) in [6.45, 7) is 0. The molecule has 7 nitrogen and oxygen atoms in total. The number of aromatic nitrogens is 3. The van der Waals surface area contributed by atoms with E-state index in [1.54, 1.807) is 4.72 Å². The van der Waals surface area contributed by atoms with E-state index in [1.807, 2.05) is 0 Å². The Morgan fingerprint density at radius 3 is 2.58 bits per heavy atom. The molecule has 0 radical (unpaired) electrons.